The van der Waals surface area contributed by atoms with Gasteiger partial charge in [0.05, 0.1) is 13.7 Å². The van der Waals surface area contributed by atoms with Crippen LogP contribution in [0.4, 0.5) is 0 Å². The zero-order valence-electron chi connectivity index (χ0n) is 12.4. The number of hydrogen-bond acceptors (Lipinski definition) is 4. The van der Waals surface area contributed by atoms with Crippen LogP contribution in [0.1, 0.15) is 39.2 Å². The lowest BCUT2D eigenvalue weighted by molar-refractivity contribution is 0.281. The molecule has 0 fully saturated rings. The lowest BCUT2D eigenvalue weighted by Gasteiger charge is -2.28. The van der Waals surface area contributed by atoms with Gasteiger partial charge >= 0.3 is 0 Å². The van der Waals surface area contributed by atoms with Crippen LogP contribution >= 0.6 is 0 Å². The van der Waals surface area contributed by atoms with Gasteiger partial charge in [0.15, 0.2) is 0 Å². The van der Waals surface area contributed by atoms with Crippen molar-refractivity contribution in [2.75, 3.05) is 7.11 Å². The van der Waals surface area contributed by atoms with Gasteiger partial charge in [0, 0.05) is 5.54 Å². The molecule has 5 nitrogen and oxygen atoms in total. The molecule has 20 heavy (non-hydrogen) atoms. The molecular formula is C14H23NO4S. The lowest BCUT2D eigenvalue weighted by Crippen LogP contribution is -2.44. The molecule has 0 atom stereocenters. The zero-order valence-corrected chi connectivity index (χ0v) is 13.3. The second-order valence-corrected chi connectivity index (χ2v) is 6.67. The summed E-state index contributed by atoms with van der Waals surface area (Å²) in [5.41, 5.74) is 0.0277. The predicted octanol–water partition coefficient (Wildman–Crippen LogP) is 2.04. The summed E-state index contributed by atoms with van der Waals surface area (Å²) in [6.07, 6.45) is 1.37. The average Bonchev–Trinajstić information content (AvgIpc) is 2.45. The Kier molecular flexibility index (Phi) is 5.56. The summed E-state index contributed by atoms with van der Waals surface area (Å²) in [5.74, 6) is 0.268. The maximum Gasteiger partial charge on any atom is 0.244 e. The molecule has 114 valence electrons. The Morgan fingerprint density at radius 2 is 1.90 bits per heavy atom. The first-order valence-electron chi connectivity index (χ1n) is 6.63. The molecule has 1 aromatic carbocycles. The van der Waals surface area contributed by atoms with Crippen LogP contribution in [0.15, 0.2) is 23.1 Å². The number of sulfonamides is 1. The van der Waals surface area contributed by atoms with Gasteiger partial charge in [0.25, 0.3) is 0 Å². The summed E-state index contributed by atoms with van der Waals surface area (Å²) < 4.78 is 32.9. The molecule has 0 aliphatic rings. The number of hydrogen-bond donors (Lipinski definition) is 2. The van der Waals surface area contributed by atoms with Gasteiger partial charge in [0.1, 0.15) is 10.6 Å². The molecule has 0 spiro atoms. The molecule has 0 saturated heterocycles. The Balaban J connectivity index is 3.27. The molecule has 0 aromatic heterocycles. The molecule has 2 N–H and O–H groups in total. The van der Waals surface area contributed by atoms with E-state index in [0.29, 0.717) is 18.4 Å². The molecule has 0 bridgehead atoms. The average molecular weight is 301 g/mol. The highest BCUT2D eigenvalue weighted by atomic mass is 32.2. The van der Waals surface area contributed by atoms with Crippen LogP contribution in [0, 0.1) is 0 Å². The summed E-state index contributed by atoms with van der Waals surface area (Å²) in [4.78, 5) is 0.0553. The van der Waals surface area contributed by atoms with Crippen molar-refractivity contribution >= 4 is 10.0 Å². The van der Waals surface area contributed by atoms with Crippen LogP contribution < -0.4 is 9.46 Å². The maximum absolute atomic E-state index is 12.5. The number of nitrogens with one attached hydrogen (secondary N) is 1. The Morgan fingerprint density at radius 1 is 1.30 bits per heavy atom. The molecule has 0 radical (unpaired) electrons. The van der Waals surface area contributed by atoms with E-state index < -0.39 is 15.6 Å². The van der Waals surface area contributed by atoms with Gasteiger partial charge in [-0.2, -0.15) is 0 Å². The van der Waals surface area contributed by atoms with Crippen LogP contribution in [-0.4, -0.2) is 26.2 Å². The molecule has 0 aliphatic heterocycles. The number of aliphatic hydroxyl groups is 1. The van der Waals surface area contributed by atoms with Gasteiger partial charge in [-0.15, -0.1) is 0 Å². The standard InChI is InChI=1S/C14H23NO4S/c1-5-14(3,6-2)15-20(17,18)13-9-11(10-16)7-8-12(13)19-4/h7-9,15-16H,5-6,10H2,1-4H3. The monoisotopic (exact) mass is 301 g/mol. The maximum atomic E-state index is 12.5. The van der Waals surface area contributed by atoms with E-state index in [0.717, 1.165) is 0 Å². The van der Waals surface area contributed by atoms with Gasteiger partial charge in [0.2, 0.25) is 10.0 Å². The van der Waals surface area contributed by atoms with Crippen molar-refractivity contribution in [1.29, 1.82) is 0 Å². The fourth-order valence-corrected chi connectivity index (χ4v) is 3.57. The topological polar surface area (TPSA) is 75.6 Å². The third-order valence-electron chi connectivity index (χ3n) is 3.64. The van der Waals surface area contributed by atoms with Crippen molar-refractivity contribution < 1.29 is 18.3 Å². The van der Waals surface area contributed by atoms with Gasteiger partial charge in [-0.05, 0) is 37.5 Å². The number of aliphatic hydroxyl groups excluding tert-OH is 1. The zero-order chi connectivity index (χ0) is 15.4. The smallest absolute Gasteiger partial charge is 0.244 e. The third-order valence-corrected chi connectivity index (χ3v) is 5.30. The number of benzene rings is 1. The second-order valence-electron chi connectivity index (χ2n) is 5.02. The molecule has 1 aromatic rings. The molecule has 0 aliphatic carbocycles. The summed E-state index contributed by atoms with van der Waals surface area (Å²) in [5, 5.41) is 9.16. The van der Waals surface area contributed by atoms with Crippen molar-refractivity contribution in [3.63, 3.8) is 0 Å². The summed E-state index contributed by atoms with van der Waals surface area (Å²) in [6.45, 7) is 5.53. The van der Waals surface area contributed by atoms with Crippen molar-refractivity contribution in [1.82, 2.24) is 4.72 Å². The van der Waals surface area contributed by atoms with E-state index >= 15 is 0 Å². The highest BCUT2D eigenvalue weighted by molar-refractivity contribution is 7.89. The first kappa shape index (κ1) is 16.9. The molecule has 6 heteroatoms. The lowest BCUT2D eigenvalue weighted by atomic mass is 9.98. The largest absolute Gasteiger partial charge is 0.495 e. The van der Waals surface area contributed by atoms with Gasteiger partial charge < -0.3 is 9.84 Å². The Bertz CT molecular complexity index is 550. The second kappa shape index (κ2) is 6.56. The normalized spacial score (nSPS) is 12.4. The minimum Gasteiger partial charge on any atom is -0.495 e. The highest BCUT2D eigenvalue weighted by Crippen LogP contribution is 2.27. The Morgan fingerprint density at radius 3 is 2.35 bits per heavy atom. The molecule has 0 heterocycles. The van der Waals surface area contributed by atoms with Gasteiger partial charge in [-0.1, -0.05) is 19.9 Å². The third kappa shape index (κ3) is 3.71. The van der Waals surface area contributed by atoms with E-state index in [1.54, 1.807) is 12.1 Å². The molecule has 1 rings (SSSR count). The van der Waals surface area contributed by atoms with Gasteiger partial charge in [-0.25, -0.2) is 13.1 Å². The van der Waals surface area contributed by atoms with Crippen LogP contribution in [-0.2, 0) is 16.6 Å². The van der Waals surface area contributed by atoms with E-state index in [-0.39, 0.29) is 17.3 Å². The summed E-state index contributed by atoms with van der Waals surface area (Å²) >= 11 is 0. The first-order chi connectivity index (χ1) is 9.31. The Labute approximate surface area is 121 Å². The fraction of sp³-hybridized carbons (Fsp3) is 0.571. The minimum atomic E-state index is -3.70. The quantitative estimate of drug-likeness (QED) is 0.808. The molecular weight excluding hydrogens is 278 g/mol. The number of methoxy groups -OCH3 is 1. The van der Waals surface area contributed by atoms with E-state index in [2.05, 4.69) is 4.72 Å². The predicted molar refractivity (Wildman–Crippen MR) is 78.2 cm³/mol. The van der Waals surface area contributed by atoms with E-state index in [1.807, 2.05) is 20.8 Å². The Hall–Kier alpha value is -1.11. The van der Waals surface area contributed by atoms with Crippen molar-refractivity contribution in [3.05, 3.63) is 23.8 Å². The van der Waals surface area contributed by atoms with Crippen molar-refractivity contribution in [2.24, 2.45) is 0 Å². The first-order valence-corrected chi connectivity index (χ1v) is 8.12. The summed E-state index contributed by atoms with van der Waals surface area (Å²) in [7, 11) is -2.28. The molecule has 0 saturated carbocycles. The van der Waals surface area contributed by atoms with Crippen molar-refractivity contribution in [3.8, 4) is 5.75 Å². The van der Waals surface area contributed by atoms with E-state index in [4.69, 9.17) is 9.84 Å². The van der Waals surface area contributed by atoms with E-state index in [9.17, 15) is 8.42 Å². The highest BCUT2D eigenvalue weighted by Gasteiger charge is 2.29. The van der Waals surface area contributed by atoms with Crippen LogP contribution in [0.5, 0.6) is 5.75 Å². The fourth-order valence-electron chi connectivity index (χ4n) is 1.80. The minimum absolute atomic E-state index is 0.0553. The van der Waals surface area contributed by atoms with E-state index in [1.165, 1.54) is 13.2 Å². The van der Waals surface area contributed by atoms with Crippen LogP contribution in [0.25, 0.3) is 0 Å². The molecule has 0 amide bonds. The SMILES string of the molecule is CCC(C)(CC)NS(=O)(=O)c1cc(CO)ccc1OC. The molecule has 0 unspecified atom stereocenters. The van der Waals surface area contributed by atoms with Crippen molar-refractivity contribution in [2.45, 2.75) is 50.7 Å². The summed E-state index contributed by atoms with van der Waals surface area (Å²) in [6, 6.07) is 4.62. The number of ether oxygens (including phenoxy) is 1. The van der Waals surface area contributed by atoms with Crippen LogP contribution in [0.2, 0.25) is 0 Å². The van der Waals surface area contributed by atoms with Gasteiger partial charge in [-0.3, -0.25) is 0 Å². The number of rotatable bonds is 7. The van der Waals surface area contributed by atoms with Crippen LogP contribution in [0.3, 0.4) is 0 Å².